The largest absolute Gasteiger partial charge is 0.481 e. The van der Waals surface area contributed by atoms with Crippen LogP contribution in [-0.4, -0.2) is 40.0 Å². The fourth-order valence-electron chi connectivity index (χ4n) is 2.76. The van der Waals surface area contributed by atoms with E-state index >= 15 is 0 Å². The average molecular weight is 310 g/mol. The van der Waals surface area contributed by atoms with E-state index < -0.39 is 5.97 Å². The van der Waals surface area contributed by atoms with E-state index in [0.717, 1.165) is 41.4 Å². The Morgan fingerprint density at radius 2 is 2.24 bits per heavy atom. The lowest BCUT2D eigenvalue weighted by atomic mass is 9.93. The molecule has 2 heterocycles. The molecule has 1 unspecified atom stereocenters. The van der Waals surface area contributed by atoms with Crippen LogP contribution >= 0.6 is 11.3 Å². The number of hydrogen-bond donors (Lipinski definition) is 1. The molecule has 0 bridgehead atoms. The molecule has 1 aliphatic rings. The van der Waals surface area contributed by atoms with Gasteiger partial charge in [-0.15, -0.1) is 11.3 Å². The third kappa shape index (κ3) is 4.03. The molecular formula is C15H22N2O3S. The van der Waals surface area contributed by atoms with Gasteiger partial charge in [-0.2, -0.15) is 0 Å². The summed E-state index contributed by atoms with van der Waals surface area (Å²) < 4.78 is 0. The van der Waals surface area contributed by atoms with E-state index in [1.807, 2.05) is 18.7 Å². The number of hydrogen-bond acceptors (Lipinski definition) is 4. The summed E-state index contributed by atoms with van der Waals surface area (Å²) in [5, 5.41) is 9.77. The van der Waals surface area contributed by atoms with Crippen molar-refractivity contribution in [3.63, 3.8) is 0 Å². The van der Waals surface area contributed by atoms with Crippen molar-refractivity contribution in [2.75, 3.05) is 13.1 Å². The summed E-state index contributed by atoms with van der Waals surface area (Å²) in [6, 6.07) is 0. The van der Waals surface area contributed by atoms with Gasteiger partial charge in [0.25, 0.3) is 5.91 Å². The van der Waals surface area contributed by atoms with Gasteiger partial charge in [-0.3, -0.25) is 9.59 Å². The number of likely N-dealkylation sites (tertiary alicyclic amines) is 1. The van der Waals surface area contributed by atoms with Crippen LogP contribution in [0.4, 0.5) is 0 Å². The maximum Gasteiger partial charge on any atom is 0.303 e. The summed E-state index contributed by atoms with van der Waals surface area (Å²) in [5.74, 6) is -0.397. The molecule has 1 fully saturated rings. The van der Waals surface area contributed by atoms with Crippen molar-refractivity contribution in [2.24, 2.45) is 5.92 Å². The molecule has 0 aliphatic carbocycles. The van der Waals surface area contributed by atoms with Gasteiger partial charge in [0.05, 0.1) is 10.7 Å². The first-order chi connectivity index (χ1) is 10.0. The minimum Gasteiger partial charge on any atom is -0.481 e. The molecule has 116 valence electrons. The monoisotopic (exact) mass is 310 g/mol. The number of rotatable bonds is 5. The van der Waals surface area contributed by atoms with Gasteiger partial charge < -0.3 is 10.0 Å². The number of carboxylic acids is 1. The molecule has 1 saturated heterocycles. The van der Waals surface area contributed by atoms with Crippen molar-refractivity contribution in [3.05, 3.63) is 15.6 Å². The first-order valence-electron chi connectivity index (χ1n) is 7.48. The third-order valence-electron chi connectivity index (χ3n) is 3.91. The van der Waals surface area contributed by atoms with E-state index in [9.17, 15) is 9.59 Å². The van der Waals surface area contributed by atoms with Gasteiger partial charge in [0, 0.05) is 19.5 Å². The average Bonchev–Trinajstić information content (AvgIpc) is 2.86. The van der Waals surface area contributed by atoms with Gasteiger partial charge in [0.2, 0.25) is 0 Å². The maximum atomic E-state index is 12.6. The zero-order chi connectivity index (χ0) is 15.4. The molecule has 5 nitrogen and oxygen atoms in total. The Kier molecular flexibility index (Phi) is 5.33. The number of amides is 1. The fourth-order valence-corrected chi connectivity index (χ4v) is 3.73. The molecule has 1 amide bonds. The summed E-state index contributed by atoms with van der Waals surface area (Å²) in [6.45, 7) is 5.36. The van der Waals surface area contributed by atoms with Crippen molar-refractivity contribution in [3.8, 4) is 0 Å². The molecule has 0 saturated carbocycles. The lowest BCUT2D eigenvalue weighted by Crippen LogP contribution is -2.40. The Hall–Kier alpha value is -1.43. The molecule has 1 aromatic rings. The normalized spacial score (nSPS) is 18.8. The molecule has 6 heteroatoms. The van der Waals surface area contributed by atoms with Gasteiger partial charge >= 0.3 is 5.97 Å². The van der Waals surface area contributed by atoms with E-state index in [-0.39, 0.29) is 12.3 Å². The van der Waals surface area contributed by atoms with Crippen LogP contribution in [-0.2, 0) is 11.2 Å². The molecular weight excluding hydrogens is 288 g/mol. The molecule has 1 aliphatic heterocycles. The standard InChI is InChI=1S/C15H22N2O3S/c1-3-12-16-10(2)14(21-12)15(20)17-8-4-5-11(9-17)6-7-13(18)19/h11H,3-9H2,1-2H3,(H,18,19). The molecule has 2 rings (SSSR count). The first-order valence-corrected chi connectivity index (χ1v) is 8.30. The molecule has 0 spiro atoms. The summed E-state index contributed by atoms with van der Waals surface area (Å²) in [5.41, 5.74) is 0.814. The number of carbonyl (C=O) groups is 2. The van der Waals surface area contributed by atoms with E-state index in [4.69, 9.17) is 5.11 Å². The Bertz CT molecular complexity index is 527. The van der Waals surface area contributed by atoms with Crippen molar-refractivity contribution in [2.45, 2.75) is 46.0 Å². The third-order valence-corrected chi connectivity index (χ3v) is 5.20. The smallest absolute Gasteiger partial charge is 0.303 e. The predicted molar refractivity (Wildman–Crippen MR) is 81.7 cm³/mol. The topological polar surface area (TPSA) is 70.5 Å². The Balaban J connectivity index is 2.01. The first kappa shape index (κ1) is 15.9. The Morgan fingerprint density at radius 1 is 1.48 bits per heavy atom. The molecule has 0 radical (unpaired) electrons. The van der Waals surface area contributed by atoms with E-state index in [0.29, 0.717) is 18.9 Å². The second kappa shape index (κ2) is 7.02. The van der Waals surface area contributed by atoms with Gasteiger partial charge in [0.15, 0.2) is 0 Å². The quantitative estimate of drug-likeness (QED) is 0.908. The van der Waals surface area contributed by atoms with Crippen LogP contribution in [0.25, 0.3) is 0 Å². The second-order valence-corrected chi connectivity index (χ2v) is 6.65. The van der Waals surface area contributed by atoms with Crippen LogP contribution in [0.1, 0.15) is 53.0 Å². The fraction of sp³-hybridized carbons (Fsp3) is 0.667. The Labute approximate surface area is 129 Å². The molecule has 1 atom stereocenters. The number of aryl methyl sites for hydroxylation is 2. The van der Waals surface area contributed by atoms with Crippen molar-refractivity contribution in [1.82, 2.24) is 9.88 Å². The van der Waals surface area contributed by atoms with Gasteiger partial charge in [-0.25, -0.2) is 4.98 Å². The van der Waals surface area contributed by atoms with Gasteiger partial charge in [-0.1, -0.05) is 6.92 Å². The van der Waals surface area contributed by atoms with E-state index in [1.54, 1.807) is 0 Å². The van der Waals surface area contributed by atoms with Gasteiger partial charge in [0.1, 0.15) is 4.88 Å². The van der Waals surface area contributed by atoms with Crippen LogP contribution in [0.3, 0.4) is 0 Å². The second-order valence-electron chi connectivity index (χ2n) is 5.57. The number of thiazole rings is 1. The number of carboxylic acid groups (broad SMARTS) is 1. The highest BCUT2D eigenvalue weighted by Gasteiger charge is 2.27. The molecule has 21 heavy (non-hydrogen) atoms. The number of carbonyl (C=O) groups excluding carboxylic acids is 1. The van der Waals surface area contributed by atoms with Crippen molar-refractivity contribution < 1.29 is 14.7 Å². The summed E-state index contributed by atoms with van der Waals surface area (Å²) in [6.07, 6.45) is 3.65. The van der Waals surface area contributed by atoms with Crippen LogP contribution in [0.2, 0.25) is 0 Å². The van der Waals surface area contributed by atoms with Crippen molar-refractivity contribution in [1.29, 1.82) is 0 Å². The van der Waals surface area contributed by atoms with E-state index in [1.165, 1.54) is 11.3 Å². The zero-order valence-corrected chi connectivity index (χ0v) is 13.4. The number of aromatic nitrogens is 1. The zero-order valence-electron chi connectivity index (χ0n) is 12.6. The summed E-state index contributed by atoms with van der Waals surface area (Å²) >= 11 is 1.48. The molecule has 1 N–H and O–H groups in total. The van der Waals surface area contributed by atoms with Crippen LogP contribution in [0.15, 0.2) is 0 Å². The highest BCUT2D eigenvalue weighted by Crippen LogP contribution is 2.25. The Morgan fingerprint density at radius 3 is 2.86 bits per heavy atom. The SMILES string of the molecule is CCc1nc(C)c(C(=O)N2CCCC(CCC(=O)O)C2)s1. The minimum absolute atomic E-state index is 0.0599. The predicted octanol–water partition coefficient (Wildman–Crippen LogP) is 2.73. The molecule has 0 aromatic carbocycles. The number of aliphatic carboxylic acids is 1. The summed E-state index contributed by atoms with van der Waals surface area (Å²) in [7, 11) is 0. The van der Waals surface area contributed by atoms with E-state index in [2.05, 4.69) is 4.98 Å². The highest BCUT2D eigenvalue weighted by atomic mass is 32.1. The maximum absolute atomic E-state index is 12.6. The minimum atomic E-state index is -0.760. The molecule has 1 aromatic heterocycles. The van der Waals surface area contributed by atoms with Crippen LogP contribution < -0.4 is 0 Å². The highest BCUT2D eigenvalue weighted by molar-refractivity contribution is 7.13. The summed E-state index contributed by atoms with van der Waals surface area (Å²) in [4.78, 5) is 30.3. The van der Waals surface area contributed by atoms with Crippen LogP contribution in [0, 0.1) is 12.8 Å². The van der Waals surface area contributed by atoms with Gasteiger partial charge in [-0.05, 0) is 38.5 Å². The van der Waals surface area contributed by atoms with Crippen LogP contribution in [0.5, 0.6) is 0 Å². The van der Waals surface area contributed by atoms with Crippen molar-refractivity contribution >= 4 is 23.2 Å². The lowest BCUT2D eigenvalue weighted by Gasteiger charge is -2.32. The number of nitrogens with zero attached hydrogens (tertiary/aromatic N) is 2. The number of piperidine rings is 1. The lowest BCUT2D eigenvalue weighted by molar-refractivity contribution is -0.137.